The fourth-order valence-electron chi connectivity index (χ4n) is 3.65. The van der Waals surface area contributed by atoms with Crippen LogP contribution in [-0.2, 0) is 23.2 Å². The van der Waals surface area contributed by atoms with Crippen molar-refractivity contribution in [1.82, 2.24) is 24.7 Å². The Hall–Kier alpha value is -3.34. The first-order valence-electron chi connectivity index (χ1n) is 8.90. The van der Waals surface area contributed by atoms with Crippen LogP contribution in [0.15, 0.2) is 11.6 Å². The number of amides is 2. The number of nitrogen functional groups attached to an aromatic ring is 1. The van der Waals surface area contributed by atoms with Gasteiger partial charge in [0.15, 0.2) is 10.8 Å². The fraction of sp³-hybridized carbons (Fsp3) is 0.333. The predicted octanol–water partition coefficient (Wildman–Crippen LogP) is 1.26. The Morgan fingerprint density at radius 3 is 2.76 bits per heavy atom. The number of aromatic nitrogens is 5. The molecule has 0 saturated heterocycles. The summed E-state index contributed by atoms with van der Waals surface area (Å²) in [6.07, 6.45) is 2.26. The Bertz CT molecular complexity index is 1150. The molecule has 11 heteroatoms. The highest BCUT2D eigenvalue weighted by atomic mass is 32.1. The normalized spacial score (nSPS) is 14.2. The number of hydrogen-bond donors (Lipinski definition) is 3. The van der Waals surface area contributed by atoms with Crippen molar-refractivity contribution < 1.29 is 9.59 Å². The maximum atomic E-state index is 13.1. The molecule has 0 saturated carbocycles. The number of nitrogens with two attached hydrogens (primary N) is 2. The van der Waals surface area contributed by atoms with Crippen LogP contribution in [0.1, 0.15) is 41.2 Å². The third-order valence-electron chi connectivity index (χ3n) is 4.73. The minimum Gasteiger partial charge on any atom is -0.368 e. The van der Waals surface area contributed by atoms with Crippen molar-refractivity contribution in [3.63, 3.8) is 0 Å². The largest absolute Gasteiger partial charge is 0.368 e. The average Bonchev–Trinajstić information content (AvgIpc) is 3.19. The quantitative estimate of drug-likeness (QED) is 0.582. The van der Waals surface area contributed by atoms with Crippen molar-refractivity contribution in [2.24, 2.45) is 5.73 Å². The van der Waals surface area contributed by atoms with Gasteiger partial charge in [0.05, 0.1) is 17.1 Å². The van der Waals surface area contributed by atoms with Gasteiger partial charge in [-0.2, -0.15) is 5.10 Å². The molecule has 150 valence electrons. The standard InChI is InChI=1S/C18H20N8O2S/c1-8-7-29-17(22-8)24-15(28)13-11-14(26(25-13)6-10(19)27)12-9(4-18(11,2)3)5-21-16(20)23-12/h5,7H,4,6H2,1-3H3,(H2,19,27)(H2,20,21,23)(H,22,24,28). The molecular formula is C18H20N8O2S. The molecule has 4 rings (SSSR count). The van der Waals surface area contributed by atoms with E-state index in [1.165, 1.54) is 16.0 Å². The number of nitrogens with one attached hydrogen (secondary N) is 1. The van der Waals surface area contributed by atoms with Crippen LogP contribution in [0.3, 0.4) is 0 Å². The maximum absolute atomic E-state index is 13.1. The highest BCUT2D eigenvalue weighted by Crippen LogP contribution is 2.44. The van der Waals surface area contributed by atoms with Gasteiger partial charge >= 0.3 is 0 Å². The number of carbonyl (C=O) groups is 2. The molecule has 0 aliphatic heterocycles. The summed E-state index contributed by atoms with van der Waals surface area (Å²) in [6.45, 7) is 5.67. The van der Waals surface area contributed by atoms with Crippen LogP contribution in [0.5, 0.6) is 0 Å². The third kappa shape index (κ3) is 3.33. The molecule has 3 aromatic heterocycles. The number of rotatable bonds is 4. The van der Waals surface area contributed by atoms with Gasteiger partial charge in [-0.05, 0) is 24.3 Å². The van der Waals surface area contributed by atoms with Crippen LogP contribution >= 0.6 is 11.3 Å². The summed E-state index contributed by atoms with van der Waals surface area (Å²) in [5.74, 6) is -0.882. The van der Waals surface area contributed by atoms with Crippen LogP contribution in [0.2, 0.25) is 0 Å². The van der Waals surface area contributed by atoms with Gasteiger partial charge in [0.25, 0.3) is 5.91 Å². The minimum absolute atomic E-state index is 0.102. The average molecular weight is 412 g/mol. The van der Waals surface area contributed by atoms with Crippen molar-refractivity contribution in [3.8, 4) is 11.4 Å². The van der Waals surface area contributed by atoms with Crippen LogP contribution < -0.4 is 16.8 Å². The van der Waals surface area contributed by atoms with E-state index in [1.807, 2.05) is 26.2 Å². The van der Waals surface area contributed by atoms with Gasteiger partial charge in [-0.1, -0.05) is 13.8 Å². The molecule has 3 aromatic rings. The Labute approximate surface area is 170 Å². The lowest BCUT2D eigenvalue weighted by Crippen LogP contribution is -2.30. The molecular weight excluding hydrogens is 392 g/mol. The fourth-order valence-corrected chi connectivity index (χ4v) is 4.33. The number of nitrogens with zero attached hydrogens (tertiary/aromatic N) is 5. The van der Waals surface area contributed by atoms with E-state index in [0.29, 0.717) is 28.5 Å². The first-order chi connectivity index (χ1) is 13.7. The maximum Gasteiger partial charge on any atom is 0.278 e. The third-order valence-corrected chi connectivity index (χ3v) is 5.60. The Morgan fingerprint density at radius 1 is 1.34 bits per heavy atom. The van der Waals surface area contributed by atoms with E-state index in [0.717, 1.165) is 11.3 Å². The molecule has 0 aromatic carbocycles. The lowest BCUT2D eigenvalue weighted by atomic mass is 9.73. The van der Waals surface area contributed by atoms with Crippen LogP contribution in [0, 0.1) is 6.92 Å². The molecule has 0 fully saturated rings. The van der Waals surface area contributed by atoms with Crippen molar-refractivity contribution in [1.29, 1.82) is 0 Å². The number of hydrogen-bond acceptors (Lipinski definition) is 8. The van der Waals surface area contributed by atoms with Gasteiger partial charge in [-0.3, -0.25) is 19.6 Å². The smallest absolute Gasteiger partial charge is 0.278 e. The molecule has 0 bridgehead atoms. The summed E-state index contributed by atoms with van der Waals surface area (Å²) in [4.78, 5) is 37.4. The molecule has 0 radical (unpaired) electrons. The van der Waals surface area contributed by atoms with Gasteiger partial charge < -0.3 is 11.5 Å². The highest BCUT2D eigenvalue weighted by molar-refractivity contribution is 7.13. The van der Waals surface area contributed by atoms with E-state index in [1.54, 1.807) is 6.20 Å². The summed E-state index contributed by atoms with van der Waals surface area (Å²) < 4.78 is 1.42. The zero-order valence-electron chi connectivity index (χ0n) is 16.2. The second kappa shape index (κ2) is 6.62. The van der Waals surface area contributed by atoms with Crippen LogP contribution in [-0.4, -0.2) is 36.5 Å². The van der Waals surface area contributed by atoms with Crippen molar-refractivity contribution in [3.05, 3.63) is 34.1 Å². The Morgan fingerprint density at radius 2 is 2.10 bits per heavy atom. The van der Waals surface area contributed by atoms with E-state index in [4.69, 9.17) is 11.5 Å². The number of anilines is 2. The van der Waals surface area contributed by atoms with Gasteiger partial charge in [0, 0.05) is 17.1 Å². The lowest BCUT2D eigenvalue weighted by Gasteiger charge is -2.31. The molecule has 0 unspecified atom stereocenters. The van der Waals surface area contributed by atoms with Crippen molar-refractivity contribution in [2.45, 2.75) is 39.2 Å². The second-order valence-electron chi connectivity index (χ2n) is 7.61. The monoisotopic (exact) mass is 412 g/mol. The molecule has 1 aliphatic carbocycles. The van der Waals surface area contributed by atoms with Crippen LogP contribution in [0.4, 0.5) is 11.1 Å². The molecule has 29 heavy (non-hydrogen) atoms. The SMILES string of the molecule is Cc1csc(NC(=O)c2nn(CC(N)=O)c3c2C(C)(C)Cc2cnc(N)nc2-3)n1. The first-order valence-corrected chi connectivity index (χ1v) is 9.78. The zero-order valence-corrected chi connectivity index (χ0v) is 17.0. The van der Waals surface area contributed by atoms with Gasteiger partial charge in [0.2, 0.25) is 11.9 Å². The second-order valence-corrected chi connectivity index (χ2v) is 8.47. The summed E-state index contributed by atoms with van der Waals surface area (Å²) >= 11 is 1.33. The van der Waals surface area contributed by atoms with E-state index in [-0.39, 0.29) is 18.2 Å². The predicted molar refractivity (Wildman–Crippen MR) is 108 cm³/mol. The first kappa shape index (κ1) is 19.0. The summed E-state index contributed by atoms with van der Waals surface area (Å²) in [5.41, 5.74) is 14.5. The molecule has 10 nitrogen and oxygen atoms in total. The number of fused-ring (bicyclic) bond motifs is 3. The molecule has 5 N–H and O–H groups in total. The number of aryl methyl sites for hydroxylation is 1. The highest BCUT2D eigenvalue weighted by Gasteiger charge is 2.40. The number of carbonyl (C=O) groups excluding carboxylic acids is 2. The van der Waals surface area contributed by atoms with Crippen molar-refractivity contribution >= 4 is 34.2 Å². The summed E-state index contributed by atoms with van der Waals surface area (Å²) in [5, 5.41) is 9.55. The topological polar surface area (TPSA) is 155 Å². The van der Waals surface area contributed by atoms with E-state index >= 15 is 0 Å². The summed E-state index contributed by atoms with van der Waals surface area (Å²) in [6, 6.07) is 0. The molecule has 2 amide bonds. The van der Waals surface area contributed by atoms with Gasteiger partial charge in [-0.25, -0.2) is 15.0 Å². The molecule has 0 atom stereocenters. The Kier molecular flexibility index (Phi) is 4.34. The van der Waals surface area contributed by atoms with Crippen molar-refractivity contribution in [2.75, 3.05) is 11.1 Å². The molecule has 3 heterocycles. The zero-order chi connectivity index (χ0) is 20.9. The number of primary amides is 1. The van der Waals surface area contributed by atoms with Gasteiger partial charge in [0.1, 0.15) is 6.54 Å². The molecule has 0 spiro atoms. The van der Waals surface area contributed by atoms with E-state index < -0.39 is 17.2 Å². The minimum atomic E-state index is -0.579. The van der Waals surface area contributed by atoms with E-state index in [9.17, 15) is 9.59 Å². The Balaban J connectivity index is 1.90. The lowest BCUT2D eigenvalue weighted by molar-refractivity contribution is -0.118. The van der Waals surface area contributed by atoms with Crippen LogP contribution in [0.25, 0.3) is 11.4 Å². The summed E-state index contributed by atoms with van der Waals surface area (Å²) in [7, 11) is 0. The molecule has 1 aliphatic rings. The van der Waals surface area contributed by atoms with E-state index in [2.05, 4.69) is 25.4 Å². The number of thiazole rings is 1. The van der Waals surface area contributed by atoms with Gasteiger partial charge in [-0.15, -0.1) is 11.3 Å².